The van der Waals surface area contributed by atoms with Crippen LogP contribution in [0.15, 0.2) is 23.3 Å². The van der Waals surface area contributed by atoms with Crippen LogP contribution in [0.3, 0.4) is 0 Å². The molecule has 7 nitrogen and oxygen atoms in total. The number of fused-ring (bicyclic) bond motifs is 3. The van der Waals surface area contributed by atoms with Gasteiger partial charge in [-0.1, -0.05) is 6.07 Å². The Morgan fingerprint density at radius 1 is 1.39 bits per heavy atom. The maximum absolute atomic E-state index is 11.4. The highest BCUT2D eigenvalue weighted by Crippen LogP contribution is 2.31. The Morgan fingerprint density at radius 2 is 2.13 bits per heavy atom. The number of hydrogen-bond donors (Lipinski definition) is 1. The quantitative estimate of drug-likeness (QED) is 0.796. The van der Waals surface area contributed by atoms with E-state index >= 15 is 0 Å². The van der Waals surface area contributed by atoms with Gasteiger partial charge in [-0.25, -0.2) is 18.2 Å². The van der Waals surface area contributed by atoms with Gasteiger partial charge in [-0.3, -0.25) is 4.90 Å². The van der Waals surface area contributed by atoms with E-state index in [1.807, 2.05) is 18.2 Å². The summed E-state index contributed by atoms with van der Waals surface area (Å²) in [6, 6.07) is 5.80. The lowest BCUT2D eigenvalue weighted by Crippen LogP contribution is -2.56. The molecule has 4 rings (SSSR count). The molecule has 0 aliphatic carbocycles. The zero-order valence-corrected chi connectivity index (χ0v) is 14.2. The monoisotopic (exact) mass is 338 g/mol. The molecule has 23 heavy (non-hydrogen) atoms. The molecule has 3 saturated heterocycles. The molecule has 8 heteroatoms. The molecule has 1 unspecified atom stereocenters. The minimum Gasteiger partial charge on any atom is -0.481 e. The predicted octanol–water partition coefficient (Wildman–Crippen LogP) is 0.632. The molecule has 0 amide bonds. The zero-order valence-electron chi connectivity index (χ0n) is 13.4. The molecule has 1 atom stereocenters. The van der Waals surface area contributed by atoms with Crippen LogP contribution in [0.2, 0.25) is 0 Å². The molecule has 3 aliphatic heterocycles. The second-order valence-corrected chi connectivity index (χ2v) is 7.83. The van der Waals surface area contributed by atoms with Crippen LogP contribution in [0.1, 0.15) is 18.5 Å². The Hall–Kier alpha value is -1.67. The summed E-state index contributed by atoms with van der Waals surface area (Å²) in [5, 5.41) is 4.24. The van der Waals surface area contributed by atoms with E-state index in [4.69, 9.17) is 4.74 Å². The van der Waals surface area contributed by atoms with E-state index in [0.717, 1.165) is 43.6 Å². The van der Waals surface area contributed by atoms with Crippen LogP contribution in [0.5, 0.6) is 5.88 Å². The molecule has 4 heterocycles. The molecular formula is C15H22N4O3S. The van der Waals surface area contributed by atoms with E-state index in [0.29, 0.717) is 18.2 Å². The summed E-state index contributed by atoms with van der Waals surface area (Å²) < 4.78 is 27.9. The van der Waals surface area contributed by atoms with Crippen LogP contribution in [-0.4, -0.2) is 56.5 Å². The van der Waals surface area contributed by atoms with Crippen LogP contribution in [0, 0.1) is 5.92 Å². The Balaban J connectivity index is 1.84. The second kappa shape index (κ2) is 6.45. The Labute approximate surface area is 136 Å². The van der Waals surface area contributed by atoms with Gasteiger partial charge >= 0.3 is 0 Å². The summed E-state index contributed by atoms with van der Waals surface area (Å²) in [6.45, 7) is 2.05. The highest BCUT2D eigenvalue weighted by Gasteiger charge is 2.39. The number of nitrogens with one attached hydrogen (secondary N) is 1. The first-order valence-electron chi connectivity index (χ1n) is 7.74. The fraction of sp³-hybridized carbons (Fsp3) is 0.600. The summed E-state index contributed by atoms with van der Waals surface area (Å²) >= 11 is 0. The third kappa shape index (κ3) is 3.81. The van der Waals surface area contributed by atoms with Crippen molar-refractivity contribution >= 4 is 15.7 Å². The molecule has 0 spiro atoms. The summed E-state index contributed by atoms with van der Waals surface area (Å²) in [4.78, 5) is 9.14. The number of piperidine rings is 3. The number of hydrogen-bond acceptors (Lipinski definition) is 6. The van der Waals surface area contributed by atoms with Gasteiger partial charge in [-0.15, -0.1) is 0 Å². The molecule has 3 fully saturated rings. The second-order valence-electron chi connectivity index (χ2n) is 6.10. The molecule has 0 radical (unpaired) electrons. The smallest absolute Gasteiger partial charge is 0.244 e. The third-order valence-corrected chi connectivity index (χ3v) is 4.89. The Kier molecular flexibility index (Phi) is 4.54. The van der Waals surface area contributed by atoms with Gasteiger partial charge in [-0.2, -0.15) is 5.10 Å². The maximum Gasteiger partial charge on any atom is 0.244 e. The van der Waals surface area contributed by atoms with E-state index in [-0.39, 0.29) is 6.04 Å². The van der Waals surface area contributed by atoms with Gasteiger partial charge in [0.05, 0.1) is 25.1 Å². The van der Waals surface area contributed by atoms with Crippen molar-refractivity contribution in [2.75, 3.05) is 26.5 Å². The van der Waals surface area contributed by atoms with Gasteiger partial charge in [0, 0.05) is 24.1 Å². The lowest BCUT2D eigenvalue weighted by Gasteiger charge is -2.46. The summed E-state index contributed by atoms with van der Waals surface area (Å²) in [5.74, 6) is 0.941. The number of ether oxygens (including phenoxy) is 1. The van der Waals surface area contributed by atoms with Crippen LogP contribution < -0.4 is 9.57 Å². The lowest BCUT2D eigenvalue weighted by atomic mass is 9.80. The maximum atomic E-state index is 11.4. The standard InChI is InChI=1S/C15H22N4O3S/c1-22-14-5-3-4-12(16-14)10-13-15(17-18-23(2,20)21)11-6-8-19(13)9-7-11/h3-5,11,13,18H,6-10H2,1-2H3/b17-15-. The van der Waals surface area contributed by atoms with Crippen molar-refractivity contribution in [1.82, 2.24) is 14.7 Å². The topological polar surface area (TPSA) is 83.9 Å². The molecule has 1 aromatic rings. The van der Waals surface area contributed by atoms with Crippen LogP contribution >= 0.6 is 0 Å². The highest BCUT2D eigenvalue weighted by molar-refractivity contribution is 7.88. The van der Waals surface area contributed by atoms with Gasteiger partial charge < -0.3 is 4.74 Å². The van der Waals surface area contributed by atoms with E-state index in [1.54, 1.807) is 7.11 Å². The van der Waals surface area contributed by atoms with Crippen molar-refractivity contribution in [1.29, 1.82) is 0 Å². The largest absolute Gasteiger partial charge is 0.481 e. The van der Waals surface area contributed by atoms with Crippen molar-refractivity contribution in [2.45, 2.75) is 25.3 Å². The molecule has 2 bridgehead atoms. The van der Waals surface area contributed by atoms with E-state index in [9.17, 15) is 8.42 Å². The van der Waals surface area contributed by atoms with Gasteiger partial charge in [0.2, 0.25) is 15.9 Å². The Morgan fingerprint density at radius 3 is 2.78 bits per heavy atom. The van der Waals surface area contributed by atoms with Crippen LogP contribution in [0.25, 0.3) is 0 Å². The minimum absolute atomic E-state index is 0.0938. The minimum atomic E-state index is -3.34. The van der Waals surface area contributed by atoms with Crippen molar-refractivity contribution in [2.24, 2.45) is 11.0 Å². The number of hydrazone groups is 1. The number of nitrogens with zero attached hydrogens (tertiary/aromatic N) is 3. The predicted molar refractivity (Wildman–Crippen MR) is 88.0 cm³/mol. The first-order valence-corrected chi connectivity index (χ1v) is 9.63. The molecule has 3 aliphatic rings. The fourth-order valence-corrected chi connectivity index (χ4v) is 3.66. The van der Waals surface area contributed by atoms with E-state index in [2.05, 4.69) is 19.8 Å². The van der Waals surface area contributed by atoms with Crippen molar-refractivity contribution < 1.29 is 13.2 Å². The van der Waals surface area contributed by atoms with Crippen LogP contribution in [-0.2, 0) is 16.4 Å². The zero-order chi connectivity index (χ0) is 16.4. The first kappa shape index (κ1) is 16.2. The summed E-state index contributed by atoms with van der Waals surface area (Å²) in [6.07, 6.45) is 3.90. The molecule has 0 aromatic carbocycles. The molecule has 1 N–H and O–H groups in total. The number of pyridine rings is 1. The lowest BCUT2D eigenvalue weighted by molar-refractivity contribution is 0.144. The number of rotatable bonds is 5. The fourth-order valence-electron chi connectivity index (χ4n) is 3.38. The van der Waals surface area contributed by atoms with Crippen molar-refractivity contribution in [3.63, 3.8) is 0 Å². The van der Waals surface area contributed by atoms with Gasteiger partial charge in [0.1, 0.15) is 0 Å². The average Bonchev–Trinajstić information content (AvgIpc) is 2.54. The molecule has 1 aromatic heterocycles. The summed E-state index contributed by atoms with van der Waals surface area (Å²) in [5.41, 5.74) is 1.85. The van der Waals surface area contributed by atoms with Crippen molar-refractivity contribution in [3.05, 3.63) is 23.9 Å². The van der Waals surface area contributed by atoms with Gasteiger partial charge in [-0.05, 0) is 32.0 Å². The van der Waals surface area contributed by atoms with Crippen molar-refractivity contribution in [3.8, 4) is 5.88 Å². The number of sulfonamides is 1. The average molecular weight is 338 g/mol. The molecule has 126 valence electrons. The first-order chi connectivity index (χ1) is 11.0. The van der Waals surface area contributed by atoms with E-state index < -0.39 is 10.0 Å². The molecule has 0 saturated carbocycles. The summed E-state index contributed by atoms with van der Waals surface area (Å²) in [7, 11) is -1.74. The van der Waals surface area contributed by atoms with Gasteiger partial charge in [0.25, 0.3) is 0 Å². The van der Waals surface area contributed by atoms with Crippen LogP contribution in [0.4, 0.5) is 0 Å². The number of aromatic nitrogens is 1. The highest BCUT2D eigenvalue weighted by atomic mass is 32.2. The van der Waals surface area contributed by atoms with E-state index in [1.165, 1.54) is 0 Å². The van der Waals surface area contributed by atoms with Gasteiger partial charge in [0.15, 0.2) is 0 Å². The Bertz CT molecular complexity index is 696. The SMILES string of the molecule is COc1cccc(CC2/C(=N\NS(C)(=O)=O)C3CCN2CC3)n1. The normalized spacial score (nSPS) is 28.8. The third-order valence-electron chi connectivity index (χ3n) is 4.46. The molecular weight excluding hydrogens is 316 g/mol. The number of methoxy groups -OCH3 is 1.